The second-order valence-corrected chi connectivity index (χ2v) is 5.58. The van der Waals surface area contributed by atoms with Gasteiger partial charge in [0.05, 0.1) is 28.2 Å². The number of amides is 1. The first-order valence-electron chi connectivity index (χ1n) is 7.02. The van der Waals surface area contributed by atoms with Crippen molar-refractivity contribution in [3.63, 3.8) is 0 Å². The molecule has 0 spiro atoms. The van der Waals surface area contributed by atoms with E-state index >= 15 is 0 Å². The number of nitrogens with one attached hydrogen (secondary N) is 1. The number of aromatic nitrogens is 5. The number of hydrogen-bond donors (Lipinski definition) is 1. The van der Waals surface area contributed by atoms with Crippen LogP contribution in [0, 0.1) is 0 Å². The summed E-state index contributed by atoms with van der Waals surface area (Å²) in [6.07, 6.45) is 3.12. The van der Waals surface area contributed by atoms with E-state index in [4.69, 9.17) is 11.6 Å². The van der Waals surface area contributed by atoms with Crippen LogP contribution in [0.5, 0.6) is 0 Å². The summed E-state index contributed by atoms with van der Waals surface area (Å²) in [5, 5.41) is 13.9. The van der Waals surface area contributed by atoms with Crippen LogP contribution in [-0.4, -0.2) is 45.2 Å². The molecular formula is C15H14ClN7O. The summed E-state index contributed by atoms with van der Waals surface area (Å²) in [5.41, 5.74) is 1.94. The number of rotatable bonds is 4. The minimum atomic E-state index is -0.339. The average Bonchev–Trinajstić information content (AvgIpc) is 3.09. The molecule has 2 aromatic heterocycles. The van der Waals surface area contributed by atoms with Crippen molar-refractivity contribution >= 4 is 29.0 Å². The van der Waals surface area contributed by atoms with E-state index in [0.29, 0.717) is 22.1 Å². The minimum absolute atomic E-state index is 0.297. The summed E-state index contributed by atoms with van der Waals surface area (Å²) in [6, 6.07) is 8.54. The predicted octanol–water partition coefficient (Wildman–Crippen LogP) is 2.03. The molecule has 0 aliphatic rings. The van der Waals surface area contributed by atoms with Gasteiger partial charge in [-0.2, -0.15) is 0 Å². The molecule has 1 aromatic carbocycles. The van der Waals surface area contributed by atoms with Crippen LogP contribution >= 0.6 is 11.6 Å². The Morgan fingerprint density at radius 3 is 2.67 bits per heavy atom. The Labute approximate surface area is 143 Å². The van der Waals surface area contributed by atoms with Gasteiger partial charge in [-0.15, -0.1) is 5.10 Å². The van der Waals surface area contributed by atoms with Crippen molar-refractivity contribution in [1.29, 1.82) is 0 Å². The Balaban J connectivity index is 1.77. The molecule has 1 N–H and O–H groups in total. The molecule has 3 rings (SSSR count). The Morgan fingerprint density at radius 1 is 1.25 bits per heavy atom. The van der Waals surface area contributed by atoms with Crippen molar-refractivity contribution in [3.05, 3.63) is 53.4 Å². The number of tetrazole rings is 1. The zero-order chi connectivity index (χ0) is 17.1. The van der Waals surface area contributed by atoms with E-state index < -0.39 is 0 Å². The molecule has 1 amide bonds. The number of hydrogen-bond acceptors (Lipinski definition) is 6. The third kappa shape index (κ3) is 3.33. The second kappa shape index (κ2) is 6.63. The molecule has 8 nitrogen and oxygen atoms in total. The lowest BCUT2D eigenvalue weighted by Crippen LogP contribution is -2.14. The highest BCUT2D eigenvalue weighted by Gasteiger charge is 2.13. The fourth-order valence-electron chi connectivity index (χ4n) is 2.02. The highest BCUT2D eigenvalue weighted by atomic mass is 35.5. The van der Waals surface area contributed by atoms with Gasteiger partial charge >= 0.3 is 0 Å². The maximum Gasteiger partial charge on any atom is 0.258 e. The summed E-state index contributed by atoms with van der Waals surface area (Å²) in [6.45, 7) is 0. The molecular weight excluding hydrogens is 330 g/mol. The smallest absolute Gasteiger partial charge is 0.258 e. The van der Waals surface area contributed by atoms with Crippen molar-refractivity contribution in [1.82, 2.24) is 25.2 Å². The van der Waals surface area contributed by atoms with Gasteiger partial charge in [-0.1, -0.05) is 11.6 Å². The number of halogens is 1. The Kier molecular flexibility index (Phi) is 4.39. The fraction of sp³-hybridized carbons (Fsp3) is 0.133. The number of benzene rings is 1. The predicted molar refractivity (Wildman–Crippen MR) is 90.7 cm³/mol. The van der Waals surface area contributed by atoms with Crippen LogP contribution in [0.2, 0.25) is 5.02 Å². The van der Waals surface area contributed by atoms with Crippen LogP contribution in [0.25, 0.3) is 5.69 Å². The molecule has 0 fully saturated rings. The maximum absolute atomic E-state index is 12.4. The maximum atomic E-state index is 12.4. The van der Waals surface area contributed by atoms with Crippen molar-refractivity contribution < 1.29 is 4.79 Å². The Hall–Kier alpha value is -3.00. The summed E-state index contributed by atoms with van der Waals surface area (Å²) >= 11 is 6.20. The molecule has 0 saturated carbocycles. The topological polar surface area (TPSA) is 88.8 Å². The minimum Gasteiger partial charge on any atom is -0.376 e. The van der Waals surface area contributed by atoms with Crippen LogP contribution in [0.4, 0.5) is 11.5 Å². The van der Waals surface area contributed by atoms with E-state index in [2.05, 4.69) is 25.8 Å². The van der Waals surface area contributed by atoms with Gasteiger partial charge in [0.2, 0.25) is 0 Å². The first-order chi connectivity index (χ1) is 11.5. The first kappa shape index (κ1) is 15.9. The van der Waals surface area contributed by atoms with Crippen molar-refractivity contribution in [2.24, 2.45) is 0 Å². The molecule has 122 valence electrons. The Bertz CT molecular complexity index is 847. The molecule has 0 bridgehead atoms. The molecule has 24 heavy (non-hydrogen) atoms. The van der Waals surface area contributed by atoms with Crippen molar-refractivity contribution in [3.8, 4) is 5.69 Å². The number of nitrogens with zero attached hydrogens (tertiary/aromatic N) is 6. The summed E-state index contributed by atoms with van der Waals surface area (Å²) < 4.78 is 1.45. The normalized spacial score (nSPS) is 10.5. The summed E-state index contributed by atoms with van der Waals surface area (Å²) in [7, 11) is 3.84. The third-order valence-electron chi connectivity index (χ3n) is 3.32. The molecule has 0 aliphatic carbocycles. The second-order valence-electron chi connectivity index (χ2n) is 5.17. The highest BCUT2D eigenvalue weighted by Crippen LogP contribution is 2.21. The lowest BCUT2D eigenvalue weighted by molar-refractivity contribution is 0.102. The van der Waals surface area contributed by atoms with E-state index in [9.17, 15) is 4.79 Å². The zero-order valence-electron chi connectivity index (χ0n) is 13.0. The van der Waals surface area contributed by atoms with E-state index in [1.165, 1.54) is 11.0 Å². The van der Waals surface area contributed by atoms with Crippen LogP contribution in [-0.2, 0) is 0 Å². The molecule has 0 unspecified atom stereocenters. The molecule has 0 radical (unpaired) electrons. The zero-order valence-corrected chi connectivity index (χ0v) is 13.8. The van der Waals surface area contributed by atoms with Crippen LogP contribution in [0.15, 0.2) is 42.9 Å². The number of pyridine rings is 1. The summed E-state index contributed by atoms with van der Waals surface area (Å²) in [5.74, 6) is 0.111. The van der Waals surface area contributed by atoms with E-state index in [1.54, 1.807) is 30.5 Å². The van der Waals surface area contributed by atoms with Gasteiger partial charge in [0.25, 0.3) is 5.91 Å². The van der Waals surface area contributed by atoms with Crippen LogP contribution in [0.3, 0.4) is 0 Å². The van der Waals surface area contributed by atoms with Gasteiger partial charge < -0.3 is 10.2 Å². The highest BCUT2D eigenvalue weighted by molar-refractivity contribution is 6.34. The van der Waals surface area contributed by atoms with Gasteiger partial charge in [-0.05, 0) is 40.8 Å². The standard InChI is InChI=1S/C15H14ClN7O/c1-22(2)11-4-6-14(17-8-11)19-15(24)12-5-3-10(7-13(12)16)23-9-18-20-21-23/h3-9H,1-2H3,(H,17,19,24). The molecule has 2 heterocycles. The van der Waals surface area contributed by atoms with Crippen molar-refractivity contribution in [2.75, 3.05) is 24.3 Å². The molecule has 3 aromatic rings. The summed E-state index contributed by atoms with van der Waals surface area (Å²) in [4.78, 5) is 18.5. The first-order valence-corrected chi connectivity index (χ1v) is 7.40. The van der Waals surface area contributed by atoms with E-state index in [-0.39, 0.29) is 5.91 Å². The third-order valence-corrected chi connectivity index (χ3v) is 3.63. The lowest BCUT2D eigenvalue weighted by Gasteiger charge is -2.12. The van der Waals surface area contributed by atoms with Gasteiger partial charge in [0.1, 0.15) is 12.1 Å². The Morgan fingerprint density at radius 2 is 2.08 bits per heavy atom. The fourth-order valence-corrected chi connectivity index (χ4v) is 2.28. The van der Waals surface area contributed by atoms with Gasteiger partial charge in [-0.3, -0.25) is 4.79 Å². The number of carbonyl (C=O) groups excluding carboxylic acids is 1. The van der Waals surface area contributed by atoms with Gasteiger partial charge in [0.15, 0.2) is 0 Å². The quantitative estimate of drug-likeness (QED) is 0.779. The monoisotopic (exact) mass is 343 g/mol. The number of anilines is 2. The molecule has 0 atom stereocenters. The van der Waals surface area contributed by atoms with Gasteiger partial charge in [0, 0.05) is 14.1 Å². The SMILES string of the molecule is CN(C)c1ccc(NC(=O)c2ccc(-n3cnnn3)cc2Cl)nc1. The van der Waals surface area contributed by atoms with Crippen LogP contribution in [0.1, 0.15) is 10.4 Å². The van der Waals surface area contributed by atoms with Gasteiger partial charge in [-0.25, -0.2) is 9.67 Å². The van der Waals surface area contributed by atoms with E-state index in [0.717, 1.165) is 5.69 Å². The van der Waals surface area contributed by atoms with Crippen LogP contribution < -0.4 is 10.2 Å². The molecule has 0 aliphatic heterocycles. The lowest BCUT2D eigenvalue weighted by atomic mass is 10.2. The average molecular weight is 344 g/mol. The molecule has 0 saturated heterocycles. The number of carbonyl (C=O) groups is 1. The molecule has 9 heteroatoms. The van der Waals surface area contributed by atoms with E-state index in [1.807, 2.05) is 25.1 Å². The largest absolute Gasteiger partial charge is 0.376 e. The van der Waals surface area contributed by atoms with Crippen molar-refractivity contribution in [2.45, 2.75) is 0 Å².